The number of hydrogen-bond donors (Lipinski definition) is 0. The van der Waals surface area contributed by atoms with E-state index in [9.17, 15) is 35.1 Å². The second kappa shape index (κ2) is 9.24. The molecule has 0 aromatic heterocycles. The third-order valence-electron chi connectivity index (χ3n) is 6.24. The van der Waals surface area contributed by atoms with E-state index >= 15 is 0 Å². The summed E-state index contributed by atoms with van der Waals surface area (Å²) in [5.41, 5.74) is -0.842. The predicted octanol–water partition coefficient (Wildman–Crippen LogP) is 7.40. The van der Waals surface area contributed by atoms with E-state index < -0.39 is 53.1 Å². The van der Waals surface area contributed by atoms with E-state index in [0.717, 1.165) is 18.6 Å². The quantitative estimate of drug-likeness (QED) is 0.390. The van der Waals surface area contributed by atoms with Crippen LogP contribution in [0.15, 0.2) is 30.3 Å². The molecule has 2 aromatic carbocycles. The standard InChI is InChI=1S/C23H20F8O3/c24-17-8-13(20-7-5-14(11-32-20)12-2-1-3-12)4-6-16(17)22(27,28)33-15-9-18(25)21(19(26)10-15)34-23(29,30)31/h4,6,8-10,12,14,20H,1-3,5,7,11H2. The first-order valence-corrected chi connectivity index (χ1v) is 10.7. The van der Waals surface area contributed by atoms with Crippen LogP contribution in [0.25, 0.3) is 0 Å². The van der Waals surface area contributed by atoms with E-state index in [-0.39, 0.29) is 12.1 Å². The van der Waals surface area contributed by atoms with Crippen LogP contribution in [0.2, 0.25) is 0 Å². The number of alkyl halides is 5. The van der Waals surface area contributed by atoms with E-state index in [4.69, 9.17) is 4.74 Å². The van der Waals surface area contributed by atoms with Gasteiger partial charge in [0.25, 0.3) is 0 Å². The van der Waals surface area contributed by atoms with Crippen molar-refractivity contribution in [3.8, 4) is 11.5 Å². The Balaban J connectivity index is 1.46. The summed E-state index contributed by atoms with van der Waals surface area (Å²) in [6.07, 6.45) is -5.17. The Morgan fingerprint density at radius 1 is 0.765 bits per heavy atom. The molecule has 2 unspecified atom stereocenters. The van der Waals surface area contributed by atoms with Crippen LogP contribution in [-0.4, -0.2) is 13.0 Å². The minimum Gasteiger partial charge on any atom is -0.429 e. The first-order valence-electron chi connectivity index (χ1n) is 10.7. The van der Waals surface area contributed by atoms with Gasteiger partial charge in [0, 0.05) is 12.1 Å². The zero-order valence-electron chi connectivity index (χ0n) is 17.6. The summed E-state index contributed by atoms with van der Waals surface area (Å²) in [5, 5.41) is 0. The van der Waals surface area contributed by atoms with E-state index in [2.05, 4.69) is 9.47 Å². The topological polar surface area (TPSA) is 27.7 Å². The van der Waals surface area contributed by atoms with Crippen molar-refractivity contribution in [3.05, 3.63) is 58.9 Å². The Kier molecular flexibility index (Phi) is 6.67. The Hall–Kier alpha value is -2.56. The number of rotatable bonds is 6. The summed E-state index contributed by atoms with van der Waals surface area (Å²) >= 11 is 0. The summed E-state index contributed by atoms with van der Waals surface area (Å²) in [6, 6.07) is 3.09. The molecule has 4 rings (SSSR count). The second-order valence-corrected chi connectivity index (χ2v) is 8.47. The smallest absolute Gasteiger partial charge is 0.429 e. The summed E-state index contributed by atoms with van der Waals surface area (Å²) in [4.78, 5) is 0. The lowest BCUT2D eigenvalue weighted by Crippen LogP contribution is -2.30. The normalized spacial score (nSPS) is 21.8. The van der Waals surface area contributed by atoms with Crippen molar-refractivity contribution < 1.29 is 49.3 Å². The van der Waals surface area contributed by atoms with E-state index in [1.54, 1.807) is 0 Å². The lowest BCUT2D eigenvalue weighted by molar-refractivity contribution is -0.276. The van der Waals surface area contributed by atoms with Gasteiger partial charge in [-0.1, -0.05) is 25.3 Å². The molecule has 3 nitrogen and oxygen atoms in total. The van der Waals surface area contributed by atoms with Crippen LogP contribution in [0.3, 0.4) is 0 Å². The van der Waals surface area contributed by atoms with Crippen LogP contribution in [-0.2, 0) is 10.8 Å². The molecule has 11 heteroatoms. The highest BCUT2D eigenvalue weighted by atomic mass is 19.4. The average Bonchev–Trinajstić information content (AvgIpc) is 2.69. The van der Waals surface area contributed by atoms with E-state index in [1.165, 1.54) is 25.3 Å². The van der Waals surface area contributed by atoms with Crippen molar-refractivity contribution in [2.75, 3.05) is 6.61 Å². The lowest BCUT2D eigenvalue weighted by atomic mass is 9.73. The van der Waals surface area contributed by atoms with Crippen molar-refractivity contribution in [1.29, 1.82) is 0 Å². The van der Waals surface area contributed by atoms with Gasteiger partial charge in [-0.2, -0.15) is 8.78 Å². The maximum atomic E-state index is 14.6. The van der Waals surface area contributed by atoms with Crippen molar-refractivity contribution in [3.63, 3.8) is 0 Å². The predicted molar refractivity (Wildman–Crippen MR) is 103 cm³/mol. The third-order valence-corrected chi connectivity index (χ3v) is 6.24. The second-order valence-electron chi connectivity index (χ2n) is 8.47. The molecule has 1 aliphatic carbocycles. The summed E-state index contributed by atoms with van der Waals surface area (Å²) in [5.74, 6) is -7.08. The number of halogens is 8. The lowest BCUT2D eigenvalue weighted by Gasteiger charge is -2.38. The van der Waals surface area contributed by atoms with E-state index in [1.807, 2.05) is 0 Å². The van der Waals surface area contributed by atoms with Crippen LogP contribution < -0.4 is 9.47 Å². The molecule has 0 N–H and O–H groups in total. The Morgan fingerprint density at radius 3 is 1.94 bits per heavy atom. The Labute approximate surface area is 189 Å². The molecule has 1 saturated heterocycles. The summed E-state index contributed by atoms with van der Waals surface area (Å²) in [7, 11) is 0. The fraction of sp³-hybridized carbons (Fsp3) is 0.478. The van der Waals surface area contributed by atoms with Gasteiger partial charge in [-0.05, 0) is 42.4 Å². The van der Waals surface area contributed by atoms with Gasteiger partial charge in [0.2, 0.25) is 5.75 Å². The van der Waals surface area contributed by atoms with Crippen molar-refractivity contribution in [2.45, 2.75) is 50.7 Å². The largest absolute Gasteiger partial charge is 0.573 e. The minimum atomic E-state index is -5.40. The van der Waals surface area contributed by atoms with Crippen LogP contribution in [0.5, 0.6) is 11.5 Å². The zero-order chi connectivity index (χ0) is 24.7. The number of hydrogen-bond acceptors (Lipinski definition) is 3. The average molecular weight is 496 g/mol. The molecule has 0 bridgehead atoms. The first kappa shape index (κ1) is 24.6. The number of benzene rings is 2. The molecule has 1 aliphatic heterocycles. The van der Waals surface area contributed by atoms with Crippen LogP contribution in [0.4, 0.5) is 35.1 Å². The van der Waals surface area contributed by atoms with Crippen molar-refractivity contribution >= 4 is 0 Å². The molecular formula is C23H20F8O3. The van der Waals surface area contributed by atoms with Crippen molar-refractivity contribution in [1.82, 2.24) is 0 Å². The molecule has 2 aromatic rings. The van der Waals surface area contributed by atoms with Gasteiger partial charge < -0.3 is 14.2 Å². The highest BCUT2D eigenvalue weighted by Crippen LogP contribution is 2.42. The fourth-order valence-corrected chi connectivity index (χ4v) is 4.30. The highest BCUT2D eigenvalue weighted by molar-refractivity contribution is 5.36. The molecule has 186 valence electrons. The summed E-state index contributed by atoms with van der Waals surface area (Å²) in [6.45, 7) is 0.517. The molecule has 1 saturated carbocycles. The molecule has 2 atom stereocenters. The molecule has 34 heavy (non-hydrogen) atoms. The third kappa shape index (κ3) is 5.39. The minimum absolute atomic E-state index is 0.0821. The number of ether oxygens (including phenoxy) is 3. The fourth-order valence-electron chi connectivity index (χ4n) is 4.30. The maximum absolute atomic E-state index is 14.6. The molecule has 2 fully saturated rings. The van der Waals surface area contributed by atoms with Crippen LogP contribution in [0, 0.1) is 29.3 Å². The Morgan fingerprint density at radius 2 is 1.44 bits per heavy atom. The SMILES string of the molecule is Fc1cc(C2CCC(C3CCC3)CO2)ccc1C(F)(F)Oc1cc(F)c(OC(F)(F)F)c(F)c1. The van der Waals surface area contributed by atoms with Gasteiger partial charge in [-0.15, -0.1) is 13.2 Å². The van der Waals surface area contributed by atoms with Crippen molar-refractivity contribution in [2.24, 2.45) is 11.8 Å². The van der Waals surface area contributed by atoms with Gasteiger partial charge in [0.15, 0.2) is 11.6 Å². The molecule has 2 aliphatic rings. The van der Waals surface area contributed by atoms with E-state index in [0.29, 0.717) is 30.4 Å². The maximum Gasteiger partial charge on any atom is 0.573 e. The van der Waals surface area contributed by atoms with Gasteiger partial charge >= 0.3 is 12.5 Å². The Bertz CT molecular complexity index is 1000. The van der Waals surface area contributed by atoms with Gasteiger partial charge in [-0.25, -0.2) is 13.2 Å². The highest BCUT2D eigenvalue weighted by Gasteiger charge is 2.40. The van der Waals surface area contributed by atoms with Gasteiger partial charge in [0.1, 0.15) is 11.6 Å². The summed E-state index contributed by atoms with van der Waals surface area (Å²) < 4.78 is 121. The molecule has 0 radical (unpaired) electrons. The zero-order valence-corrected chi connectivity index (χ0v) is 17.6. The molecule has 1 heterocycles. The van der Waals surface area contributed by atoms with Gasteiger partial charge in [0.05, 0.1) is 18.3 Å². The first-order chi connectivity index (χ1) is 15.9. The molecule has 0 spiro atoms. The van der Waals surface area contributed by atoms with Crippen LogP contribution >= 0.6 is 0 Å². The monoisotopic (exact) mass is 496 g/mol. The molecular weight excluding hydrogens is 476 g/mol. The van der Waals surface area contributed by atoms with Crippen LogP contribution in [0.1, 0.15) is 49.3 Å². The molecule has 0 amide bonds. The van der Waals surface area contributed by atoms with Gasteiger partial charge in [-0.3, -0.25) is 0 Å².